The first kappa shape index (κ1) is 34.9. The first-order valence-corrected chi connectivity index (χ1v) is 21.0. The predicted molar refractivity (Wildman–Crippen MR) is 255 cm³/mol. The number of rotatable bonds is 7. The lowest BCUT2D eigenvalue weighted by Gasteiger charge is -2.30. The molecule has 1 N–H and O–H groups in total. The molecular formula is C57H40N4. The second-order valence-corrected chi connectivity index (χ2v) is 15.8. The van der Waals surface area contributed by atoms with Gasteiger partial charge in [-0.25, -0.2) is 0 Å². The third-order valence-electron chi connectivity index (χ3n) is 12.3. The molecule has 0 saturated carbocycles. The predicted octanol–water partition coefficient (Wildman–Crippen LogP) is 14.2. The lowest BCUT2D eigenvalue weighted by atomic mass is 10.0. The molecule has 0 amide bonds. The zero-order valence-corrected chi connectivity index (χ0v) is 33.4. The van der Waals surface area contributed by atoms with Gasteiger partial charge in [-0.3, -0.25) is 0 Å². The Labute approximate surface area is 354 Å². The van der Waals surface area contributed by atoms with Crippen LogP contribution in [-0.2, 0) is 0 Å². The lowest BCUT2D eigenvalue weighted by Crippen LogP contribution is -2.29. The number of para-hydroxylation sites is 3. The highest BCUT2D eigenvalue weighted by Crippen LogP contribution is 2.45. The van der Waals surface area contributed by atoms with Crippen molar-refractivity contribution >= 4 is 60.7 Å². The Hall–Kier alpha value is -8.08. The molecule has 1 aliphatic rings. The zero-order valence-electron chi connectivity index (χ0n) is 33.4. The van der Waals surface area contributed by atoms with Gasteiger partial charge in [0.05, 0.1) is 33.5 Å². The van der Waals surface area contributed by atoms with Gasteiger partial charge in [0.1, 0.15) is 6.17 Å². The maximum Gasteiger partial charge on any atom is 0.130 e. The molecule has 12 rings (SSSR count). The first-order chi connectivity index (χ1) is 30.3. The van der Waals surface area contributed by atoms with Crippen LogP contribution in [0.5, 0.6) is 0 Å². The van der Waals surface area contributed by atoms with Gasteiger partial charge in [-0.05, 0) is 95.1 Å². The van der Waals surface area contributed by atoms with Gasteiger partial charge in [-0.15, -0.1) is 0 Å². The molecule has 9 aromatic carbocycles. The van der Waals surface area contributed by atoms with Crippen LogP contribution in [0.15, 0.2) is 231 Å². The SMILES string of the molecule is c1ccc(C2=C(c3ccccc3)N(c3ccc(-n4c5ccccc5c5cc(-c6ccc7c(c6)c6ccccc6n7-c6ccccc6)ccc54)cc3)C(c3ccccc3)N2)cc1. The van der Waals surface area contributed by atoms with E-state index in [4.69, 9.17) is 0 Å². The largest absolute Gasteiger partial charge is 0.359 e. The van der Waals surface area contributed by atoms with Crippen molar-refractivity contribution in [1.82, 2.24) is 14.5 Å². The van der Waals surface area contributed by atoms with Crippen molar-refractivity contribution in [3.63, 3.8) is 0 Å². The highest BCUT2D eigenvalue weighted by atomic mass is 15.3. The molecule has 2 aromatic heterocycles. The molecule has 0 aliphatic carbocycles. The van der Waals surface area contributed by atoms with E-state index >= 15 is 0 Å². The molecule has 11 aromatic rings. The standard InChI is InChI=1S/C57H40N4/c1-5-17-39(18-6-1)55-56(40-19-7-2-8-20-40)61(57(58-55)41-21-9-3-10-22-41)46-33-31-45(32-34-46)60-52-28-16-14-26-48(52)50-38-43(30-36-54(50)60)42-29-35-53-49(37-42)47-25-13-15-27-51(47)59(53)44-23-11-4-12-24-44/h1-38,57-58H. The Morgan fingerprint density at radius 2 is 0.738 bits per heavy atom. The number of nitrogens with zero attached hydrogens (tertiary/aromatic N) is 3. The molecule has 4 heteroatoms. The molecular weight excluding hydrogens is 741 g/mol. The van der Waals surface area contributed by atoms with Gasteiger partial charge in [0.2, 0.25) is 0 Å². The van der Waals surface area contributed by atoms with E-state index < -0.39 is 0 Å². The quantitative estimate of drug-likeness (QED) is 0.174. The number of benzene rings is 9. The van der Waals surface area contributed by atoms with Crippen LogP contribution in [0.25, 0.3) is 77.5 Å². The number of hydrogen-bond donors (Lipinski definition) is 1. The van der Waals surface area contributed by atoms with E-state index in [9.17, 15) is 0 Å². The zero-order chi connectivity index (χ0) is 40.3. The smallest absolute Gasteiger partial charge is 0.130 e. The lowest BCUT2D eigenvalue weighted by molar-refractivity contribution is 0.679. The Bertz CT molecular complexity index is 3420. The van der Waals surface area contributed by atoms with Crippen molar-refractivity contribution < 1.29 is 0 Å². The summed E-state index contributed by atoms with van der Waals surface area (Å²) >= 11 is 0. The number of aromatic nitrogens is 2. The Morgan fingerprint density at radius 1 is 0.311 bits per heavy atom. The van der Waals surface area contributed by atoms with E-state index in [1.807, 2.05) is 0 Å². The highest BCUT2D eigenvalue weighted by Gasteiger charge is 2.35. The van der Waals surface area contributed by atoms with Gasteiger partial charge in [0.15, 0.2) is 0 Å². The van der Waals surface area contributed by atoms with Gasteiger partial charge in [-0.1, -0.05) is 158 Å². The van der Waals surface area contributed by atoms with E-state index in [1.165, 1.54) is 66.0 Å². The molecule has 0 saturated heterocycles. The molecule has 288 valence electrons. The minimum atomic E-state index is -0.0989. The average molecular weight is 781 g/mol. The van der Waals surface area contributed by atoms with E-state index in [2.05, 4.69) is 250 Å². The van der Waals surface area contributed by atoms with Crippen molar-refractivity contribution in [2.45, 2.75) is 6.17 Å². The van der Waals surface area contributed by atoms with Crippen LogP contribution >= 0.6 is 0 Å². The molecule has 4 nitrogen and oxygen atoms in total. The van der Waals surface area contributed by atoms with Crippen LogP contribution in [0.2, 0.25) is 0 Å². The minimum absolute atomic E-state index is 0.0989. The van der Waals surface area contributed by atoms with Gasteiger partial charge in [0.25, 0.3) is 0 Å². The summed E-state index contributed by atoms with van der Waals surface area (Å²) in [5.74, 6) is 0. The van der Waals surface area contributed by atoms with Gasteiger partial charge in [-0.2, -0.15) is 0 Å². The van der Waals surface area contributed by atoms with Crippen LogP contribution in [0.1, 0.15) is 22.9 Å². The second-order valence-electron chi connectivity index (χ2n) is 15.8. The highest BCUT2D eigenvalue weighted by molar-refractivity contribution is 6.13. The Kier molecular flexibility index (Phi) is 8.20. The number of anilines is 1. The summed E-state index contributed by atoms with van der Waals surface area (Å²) in [6, 6.07) is 83.4. The molecule has 1 unspecified atom stereocenters. The summed E-state index contributed by atoms with van der Waals surface area (Å²) < 4.78 is 4.79. The van der Waals surface area contributed by atoms with Crippen molar-refractivity contribution in [3.05, 3.63) is 247 Å². The van der Waals surface area contributed by atoms with E-state index in [0.717, 1.165) is 33.9 Å². The Morgan fingerprint density at radius 3 is 1.30 bits per heavy atom. The van der Waals surface area contributed by atoms with Crippen molar-refractivity contribution in [3.8, 4) is 22.5 Å². The van der Waals surface area contributed by atoms with Crippen LogP contribution in [0.4, 0.5) is 5.69 Å². The minimum Gasteiger partial charge on any atom is -0.359 e. The Balaban J connectivity index is 0.973. The molecule has 1 atom stereocenters. The monoisotopic (exact) mass is 780 g/mol. The van der Waals surface area contributed by atoms with Crippen LogP contribution in [0, 0.1) is 0 Å². The van der Waals surface area contributed by atoms with E-state index in [0.29, 0.717) is 0 Å². The third kappa shape index (κ3) is 5.76. The summed E-state index contributed by atoms with van der Waals surface area (Å²) in [4.78, 5) is 2.46. The fourth-order valence-corrected chi connectivity index (χ4v) is 9.57. The average Bonchev–Trinajstić information content (AvgIpc) is 4.01. The first-order valence-electron chi connectivity index (χ1n) is 21.0. The van der Waals surface area contributed by atoms with Crippen molar-refractivity contribution in [2.24, 2.45) is 0 Å². The van der Waals surface area contributed by atoms with Crippen LogP contribution in [0.3, 0.4) is 0 Å². The van der Waals surface area contributed by atoms with Crippen LogP contribution < -0.4 is 10.2 Å². The molecule has 0 radical (unpaired) electrons. The fraction of sp³-hybridized carbons (Fsp3) is 0.0175. The topological polar surface area (TPSA) is 25.1 Å². The molecule has 0 fully saturated rings. The third-order valence-corrected chi connectivity index (χ3v) is 12.3. The molecule has 3 heterocycles. The summed E-state index contributed by atoms with van der Waals surface area (Å²) in [5.41, 5.74) is 16.4. The molecule has 61 heavy (non-hydrogen) atoms. The number of fused-ring (bicyclic) bond motifs is 6. The fourth-order valence-electron chi connectivity index (χ4n) is 9.57. The van der Waals surface area contributed by atoms with Crippen molar-refractivity contribution in [1.29, 1.82) is 0 Å². The normalized spacial score (nSPS) is 14.1. The second kappa shape index (κ2) is 14.3. The summed E-state index contributed by atoms with van der Waals surface area (Å²) in [6.07, 6.45) is -0.0989. The molecule has 0 spiro atoms. The maximum atomic E-state index is 3.96. The van der Waals surface area contributed by atoms with Gasteiger partial charge < -0.3 is 19.4 Å². The van der Waals surface area contributed by atoms with Gasteiger partial charge in [0, 0.05) is 44.2 Å². The van der Waals surface area contributed by atoms with E-state index in [-0.39, 0.29) is 6.17 Å². The van der Waals surface area contributed by atoms with Gasteiger partial charge >= 0.3 is 0 Å². The van der Waals surface area contributed by atoms with E-state index in [1.54, 1.807) is 0 Å². The summed E-state index contributed by atoms with van der Waals surface area (Å²) in [7, 11) is 0. The number of nitrogens with one attached hydrogen (secondary N) is 1. The number of hydrogen-bond acceptors (Lipinski definition) is 2. The molecule has 1 aliphatic heterocycles. The molecule has 0 bridgehead atoms. The van der Waals surface area contributed by atoms with Crippen LogP contribution in [-0.4, -0.2) is 9.13 Å². The maximum absolute atomic E-state index is 3.96. The summed E-state index contributed by atoms with van der Waals surface area (Å²) in [5, 5.41) is 8.94. The van der Waals surface area contributed by atoms with Crippen molar-refractivity contribution in [2.75, 3.05) is 4.90 Å². The summed E-state index contributed by atoms with van der Waals surface area (Å²) in [6.45, 7) is 0.